The van der Waals surface area contributed by atoms with Gasteiger partial charge >= 0.3 is 0 Å². The first kappa shape index (κ1) is 11.2. The van der Waals surface area contributed by atoms with Crippen LogP contribution in [0.5, 0.6) is 0 Å². The van der Waals surface area contributed by atoms with Gasteiger partial charge in [-0.05, 0) is 19.3 Å². The van der Waals surface area contributed by atoms with Gasteiger partial charge in [0.15, 0.2) is 0 Å². The SMILES string of the molecule is Cc1nc(C(=O)NCCC(C)C)cs1. The summed E-state index contributed by atoms with van der Waals surface area (Å²) in [5.41, 5.74) is 0.538. The van der Waals surface area contributed by atoms with Crippen LogP contribution in [0.25, 0.3) is 0 Å². The van der Waals surface area contributed by atoms with Crippen LogP contribution >= 0.6 is 11.3 Å². The van der Waals surface area contributed by atoms with E-state index < -0.39 is 0 Å². The molecule has 0 atom stereocenters. The molecule has 0 saturated carbocycles. The second kappa shape index (κ2) is 5.10. The lowest BCUT2D eigenvalue weighted by atomic mass is 10.1. The Kier molecular flexibility index (Phi) is 4.07. The van der Waals surface area contributed by atoms with Gasteiger partial charge in [-0.15, -0.1) is 11.3 Å². The van der Waals surface area contributed by atoms with Crippen LogP contribution in [0.15, 0.2) is 5.38 Å². The van der Waals surface area contributed by atoms with Crippen LogP contribution in [0.2, 0.25) is 0 Å². The zero-order chi connectivity index (χ0) is 10.6. The summed E-state index contributed by atoms with van der Waals surface area (Å²) < 4.78 is 0. The second-order valence-electron chi connectivity index (χ2n) is 3.69. The highest BCUT2D eigenvalue weighted by molar-refractivity contribution is 7.09. The van der Waals surface area contributed by atoms with Crippen molar-refractivity contribution in [1.82, 2.24) is 10.3 Å². The Bertz CT molecular complexity index is 307. The maximum absolute atomic E-state index is 11.5. The van der Waals surface area contributed by atoms with Gasteiger partial charge in [0, 0.05) is 11.9 Å². The molecule has 4 heteroatoms. The third-order valence-corrected chi connectivity index (χ3v) is 2.63. The van der Waals surface area contributed by atoms with E-state index in [1.165, 1.54) is 11.3 Å². The van der Waals surface area contributed by atoms with Gasteiger partial charge in [-0.2, -0.15) is 0 Å². The van der Waals surface area contributed by atoms with Crippen LogP contribution in [-0.4, -0.2) is 17.4 Å². The smallest absolute Gasteiger partial charge is 0.270 e. The summed E-state index contributed by atoms with van der Waals surface area (Å²) in [5.74, 6) is 0.558. The fraction of sp³-hybridized carbons (Fsp3) is 0.600. The molecule has 3 nitrogen and oxygen atoms in total. The number of thiazole rings is 1. The van der Waals surface area contributed by atoms with Crippen molar-refractivity contribution in [3.63, 3.8) is 0 Å². The number of aryl methyl sites for hydroxylation is 1. The van der Waals surface area contributed by atoms with Gasteiger partial charge in [0.25, 0.3) is 5.91 Å². The fourth-order valence-corrected chi connectivity index (χ4v) is 1.63. The van der Waals surface area contributed by atoms with Crippen molar-refractivity contribution in [3.8, 4) is 0 Å². The Labute approximate surface area is 88.6 Å². The number of carbonyl (C=O) groups is 1. The topological polar surface area (TPSA) is 42.0 Å². The van der Waals surface area contributed by atoms with E-state index in [1.807, 2.05) is 6.92 Å². The van der Waals surface area contributed by atoms with Gasteiger partial charge in [0.1, 0.15) is 5.69 Å². The maximum Gasteiger partial charge on any atom is 0.270 e. The monoisotopic (exact) mass is 212 g/mol. The van der Waals surface area contributed by atoms with Crippen molar-refractivity contribution in [1.29, 1.82) is 0 Å². The van der Waals surface area contributed by atoms with E-state index in [4.69, 9.17) is 0 Å². The first-order valence-corrected chi connectivity index (χ1v) is 5.68. The van der Waals surface area contributed by atoms with Gasteiger partial charge in [-0.3, -0.25) is 4.79 Å². The molecule has 0 saturated heterocycles. The molecule has 0 aliphatic carbocycles. The third kappa shape index (κ3) is 3.46. The minimum absolute atomic E-state index is 0.0602. The van der Waals surface area contributed by atoms with E-state index in [1.54, 1.807) is 5.38 Å². The molecule has 1 N–H and O–H groups in total. The molecule has 0 aliphatic heterocycles. The standard InChI is InChI=1S/C10H16N2OS/c1-7(2)4-5-11-10(13)9-6-14-8(3)12-9/h6-7H,4-5H2,1-3H3,(H,11,13). The van der Waals surface area contributed by atoms with Gasteiger partial charge < -0.3 is 5.32 Å². The Balaban J connectivity index is 2.36. The molecule has 0 spiro atoms. The molecule has 0 bridgehead atoms. The van der Waals surface area contributed by atoms with Crippen molar-refractivity contribution in [3.05, 3.63) is 16.1 Å². The van der Waals surface area contributed by atoms with Crippen LogP contribution in [-0.2, 0) is 0 Å². The van der Waals surface area contributed by atoms with Crippen molar-refractivity contribution < 1.29 is 4.79 Å². The number of carbonyl (C=O) groups excluding carboxylic acids is 1. The summed E-state index contributed by atoms with van der Waals surface area (Å²) in [7, 11) is 0. The highest BCUT2D eigenvalue weighted by atomic mass is 32.1. The van der Waals surface area contributed by atoms with E-state index in [-0.39, 0.29) is 5.91 Å². The lowest BCUT2D eigenvalue weighted by Crippen LogP contribution is -2.25. The first-order chi connectivity index (χ1) is 6.59. The van der Waals surface area contributed by atoms with Crippen molar-refractivity contribution in [2.45, 2.75) is 27.2 Å². The van der Waals surface area contributed by atoms with Crippen LogP contribution < -0.4 is 5.32 Å². The number of amides is 1. The largest absolute Gasteiger partial charge is 0.351 e. The van der Waals surface area contributed by atoms with Gasteiger partial charge in [0.2, 0.25) is 0 Å². The molecule has 14 heavy (non-hydrogen) atoms. The minimum Gasteiger partial charge on any atom is -0.351 e. The molecule has 0 unspecified atom stereocenters. The van der Waals surface area contributed by atoms with E-state index in [0.717, 1.165) is 18.0 Å². The second-order valence-corrected chi connectivity index (χ2v) is 4.75. The van der Waals surface area contributed by atoms with E-state index >= 15 is 0 Å². The first-order valence-electron chi connectivity index (χ1n) is 4.80. The van der Waals surface area contributed by atoms with E-state index in [9.17, 15) is 4.79 Å². The molecule has 1 heterocycles. The maximum atomic E-state index is 11.5. The summed E-state index contributed by atoms with van der Waals surface area (Å²) in [6.45, 7) is 6.90. The lowest BCUT2D eigenvalue weighted by molar-refractivity contribution is 0.0947. The lowest BCUT2D eigenvalue weighted by Gasteiger charge is -2.05. The average molecular weight is 212 g/mol. The number of hydrogen-bond acceptors (Lipinski definition) is 3. The average Bonchev–Trinajstić information content (AvgIpc) is 2.51. The third-order valence-electron chi connectivity index (χ3n) is 1.86. The number of hydrogen-bond donors (Lipinski definition) is 1. The molecular formula is C10H16N2OS. The van der Waals surface area contributed by atoms with Crippen molar-refractivity contribution >= 4 is 17.2 Å². The van der Waals surface area contributed by atoms with Crippen LogP contribution in [0.1, 0.15) is 35.8 Å². The van der Waals surface area contributed by atoms with Gasteiger partial charge in [-0.25, -0.2) is 4.98 Å². The summed E-state index contributed by atoms with van der Waals surface area (Å²) in [4.78, 5) is 15.6. The molecule has 1 aromatic rings. The van der Waals surface area contributed by atoms with Crippen LogP contribution in [0.4, 0.5) is 0 Å². The zero-order valence-electron chi connectivity index (χ0n) is 8.83. The summed E-state index contributed by atoms with van der Waals surface area (Å²) in [6.07, 6.45) is 1.01. The van der Waals surface area contributed by atoms with Gasteiger partial charge in [0.05, 0.1) is 5.01 Å². The molecule has 1 rings (SSSR count). The molecule has 0 fully saturated rings. The van der Waals surface area contributed by atoms with E-state index in [2.05, 4.69) is 24.1 Å². The summed E-state index contributed by atoms with van der Waals surface area (Å²) in [6, 6.07) is 0. The minimum atomic E-state index is -0.0602. The Morgan fingerprint density at radius 3 is 2.86 bits per heavy atom. The highest BCUT2D eigenvalue weighted by Crippen LogP contribution is 2.07. The van der Waals surface area contributed by atoms with Crippen molar-refractivity contribution in [2.75, 3.05) is 6.54 Å². The summed E-state index contributed by atoms with van der Waals surface area (Å²) in [5, 5.41) is 5.57. The Hall–Kier alpha value is -0.900. The molecular weight excluding hydrogens is 196 g/mol. The highest BCUT2D eigenvalue weighted by Gasteiger charge is 2.08. The van der Waals surface area contributed by atoms with Crippen LogP contribution in [0, 0.1) is 12.8 Å². The number of nitrogens with zero attached hydrogens (tertiary/aromatic N) is 1. The molecule has 0 aromatic carbocycles. The molecule has 0 radical (unpaired) electrons. The molecule has 78 valence electrons. The number of nitrogens with one attached hydrogen (secondary N) is 1. The Morgan fingerprint density at radius 2 is 2.36 bits per heavy atom. The summed E-state index contributed by atoms with van der Waals surface area (Å²) >= 11 is 1.50. The number of rotatable bonds is 4. The predicted molar refractivity (Wildman–Crippen MR) is 58.6 cm³/mol. The van der Waals surface area contributed by atoms with E-state index in [0.29, 0.717) is 11.6 Å². The molecule has 1 amide bonds. The predicted octanol–water partition coefficient (Wildman–Crippen LogP) is 2.23. The van der Waals surface area contributed by atoms with Gasteiger partial charge in [-0.1, -0.05) is 13.8 Å². The normalized spacial score (nSPS) is 10.6. The fourth-order valence-electron chi connectivity index (χ4n) is 1.03. The quantitative estimate of drug-likeness (QED) is 0.831. The zero-order valence-corrected chi connectivity index (χ0v) is 9.65. The van der Waals surface area contributed by atoms with Crippen LogP contribution in [0.3, 0.4) is 0 Å². The Morgan fingerprint density at radius 1 is 1.64 bits per heavy atom. The van der Waals surface area contributed by atoms with Crippen molar-refractivity contribution in [2.24, 2.45) is 5.92 Å². The molecule has 1 aromatic heterocycles. The molecule has 0 aliphatic rings. The number of aromatic nitrogens is 1.